The molecule has 1 aromatic heterocycles. The first-order chi connectivity index (χ1) is 9.15. The normalized spacial score (nSPS) is 12.4. The van der Waals surface area contributed by atoms with E-state index in [1.807, 2.05) is 13.0 Å². The highest BCUT2D eigenvalue weighted by Crippen LogP contribution is 2.16. The van der Waals surface area contributed by atoms with E-state index in [0.29, 0.717) is 25.4 Å². The van der Waals surface area contributed by atoms with E-state index in [-0.39, 0.29) is 5.91 Å². The van der Waals surface area contributed by atoms with Gasteiger partial charge in [-0.2, -0.15) is 0 Å². The molecule has 5 nitrogen and oxygen atoms in total. The summed E-state index contributed by atoms with van der Waals surface area (Å²) in [5, 5.41) is 6.69. The quantitative estimate of drug-likeness (QED) is 0.718. The van der Waals surface area contributed by atoms with Gasteiger partial charge in [0.05, 0.1) is 6.54 Å². The van der Waals surface area contributed by atoms with Crippen LogP contribution in [0.3, 0.4) is 0 Å². The molecule has 1 rings (SSSR count). The lowest BCUT2D eigenvalue weighted by Gasteiger charge is -2.14. The lowest BCUT2D eigenvalue weighted by Crippen LogP contribution is -2.23. The second kappa shape index (κ2) is 8.69. The average molecular weight is 267 g/mol. The van der Waals surface area contributed by atoms with Crippen molar-refractivity contribution in [1.29, 1.82) is 0 Å². The topological polar surface area (TPSA) is 81.2 Å². The van der Waals surface area contributed by atoms with Gasteiger partial charge < -0.3 is 15.6 Å². The van der Waals surface area contributed by atoms with Crippen LogP contribution in [0.25, 0.3) is 0 Å². The Morgan fingerprint density at radius 2 is 2.26 bits per heavy atom. The van der Waals surface area contributed by atoms with Crippen LogP contribution in [0, 0.1) is 12.8 Å². The highest BCUT2D eigenvalue weighted by atomic mass is 16.5. The fourth-order valence-electron chi connectivity index (χ4n) is 2.19. The minimum absolute atomic E-state index is 0.0683. The first-order valence-electron chi connectivity index (χ1n) is 7.04. The molecule has 0 aliphatic carbocycles. The molecule has 0 fully saturated rings. The highest BCUT2D eigenvalue weighted by molar-refractivity contribution is 5.75. The fraction of sp³-hybridized carbons (Fsp3) is 0.714. The summed E-state index contributed by atoms with van der Waals surface area (Å²) in [6.07, 6.45) is 4.76. The van der Waals surface area contributed by atoms with Gasteiger partial charge in [0.1, 0.15) is 11.5 Å². The van der Waals surface area contributed by atoms with E-state index >= 15 is 0 Å². The van der Waals surface area contributed by atoms with Crippen LogP contribution in [-0.2, 0) is 11.3 Å². The number of aromatic nitrogens is 1. The van der Waals surface area contributed by atoms with Gasteiger partial charge in [-0.3, -0.25) is 4.79 Å². The van der Waals surface area contributed by atoms with Crippen LogP contribution >= 0.6 is 0 Å². The van der Waals surface area contributed by atoms with Crippen LogP contribution in [0.4, 0.5) is 0 Å². The van der Waals surface area contributed by atoms with Crippen molar-refractivity contribution in [2.75, 3.05) is 6.54 Å². The van der Waals surface area contributed by atoms with Crippen molar-refractivity contribution in [3.63, 3.8) is 0 Å². The van der Waals surface area contributed by atoms with Crippen molar-refractivity contribution in [2.24, 2.45) is 11.7 Å². The fourth-order valence-corrected chi connectivity index (χ4v) is 2.19. The molecule has 0 aliphatic heterocycles. The Bertz CT molecular complexity index is 371. The molecule has 0 aromatic carbocycles. The summed E-state index contributed by atoms with van der Waals surface area (Å²) >= 11 is 0. The predicted octanol–water partition coefficient (Wildman–Crippen LogP) is 2.14. The molecular formula is C14H25N3O2. The Morgan fingerprint density at radius 3 is 2.84 bits per heavy atom. The molecule has 0 aliphatic rings. The molecule has 1 amide bonds. The van der Waals surface area contributed by atoms with Crippen LogP contribution < -0.4 is 11.1 Å². The lowest BCUT2D eigenvalue weighted by molar-refractivity contribution is -0.121. The van der Waals surface area contributed by atoms with Gasteiger partial charge in [-0.15, -0.1) is 0 Å². The molecule has 1 unspecified atom stereocenters. The Kier molecular flexibility index (Phi) is 7.18. The predicted molar refractivity (Wildman–Crippen MR) is 74.4 cm³/mol. The summed E-state index contributed by atoms with van der Waals surface area (Å²) in [6, 6.07) is 1.83. The number of nitrogens with two attached hydrogens (primary N) is 1. The second-order valence-corrected chi connectivity index (χ2v) is 4.98. The maximum atomic E-state index is 11.7. The monoisotopic (exact) mass is 267 g/mol. The van der Waals surface area contributed by atoms with Crippen LogP contribution in [0.5, 0.6) is 0 Å². The smallest absolute Gasteiger partial charge is 0.220 e. The Hall–Kier alpha value is -1.36. The molecule has 1 aromatic rings. The molecule has 19 heavy (non-hydrogen) atoms. The van der Waals surface area contributed by atoms with E-state index in [4.69, 9.17) is 10.3 Å². The van der Waals surface area contributed by atoms with Gasteiger partial charge in [0.15, 0.2) is 0 Å². The van der Waals surface area contributed by atoms with E-state index in [9.17, 15) is 4.79 Å². The summed E-state index contributed by atoms with van der Waals surface area (Å²) in [5.41, 5.74) is 6.35. The van der Waals surface area contributed by atoms with Crippen molar-refractivity contribution in [2.45, 2.75) is 52.5 Å². The number of hydrogen-bond donors (Lipinski definition) is 2. The zero-order chi connectivity index (χ0) is 14.1. The van der Waals surface area contributed by atoms with Gasteiger partial charge in [0.2, 0.25) is 5.91 Å². The maximum Gasteiger partial charge on any atom is 0.220 e. The van der Waals surface area contributed by atoms with E-state index in [0.717, 1.165) is 37.1 Å². The molecular weight excluding hydrogens is 242 g/mol. The van der Waals surface area contributed by atoms with E-state index in [1.165, 1.54) is 0 Å². The summed E-state index contributed by atoms with van der Waals surface area (Å²) in [4.78, 5) is 11.7. The van der Waals surface area contributed by atoms with Crippen molar-refractivity contribution in [3.05, 3.63) is 17.5 Å². The SMILES string of the molecule is CCCC(CCN)CCC(=O)NCc1cc(C)on1. The molecule has 3 N–H and O–H groups in total. The van der Waals surface area contributed by atoms with E-state index < -0.39 is 0 Å². The van der Waals surface area contributed by atoms with E-state index in [2.05, 4.69) is 17.4 Å². The van der Waals surface area contributed by atoms with Crippen LogP contribution in [0.1, 0.15) is 50.5 Å². The molecule has 108 valence electrons. The third-order valence-electron chi connectivity index (χ3n) is 3.19. The number of hydrogen-bond acceptors (Lipinski definition) is 4. The summed E-state index contributed by atoms with van der Waals surface area (Å²) < 4.78 is 4.94. The van der Waals surface area contributed by atoms with Crippen molar-refractivity contribution in [3.8, 4) is 0 Å². The summed E-state index contributed by atoms with van der Waals surface area (Å²) in [7, 11) is 0. The van der Waals surface area contributed by atoms with Gasteiger partial charge in [0.25, 0.3) is 0 Å². The largest absolute Gasteiger partial charge is 0.361 e. The molecule has 0 saturated heterocycles. The standard InChI is InChI=1S/C14H25N3O2/c1-3-4-12(7-8-15)5-6-14(18)16-10-13-9-11(2)19-17-13/h9,12H,3-8,10,15H2,1-2H3,(H,16,18). The Labute approximate surface area is 114 Å². The molecule has 0 radical (unpaired) electrons. The molecule has 1 atom stereocenters. The Balaban J connectivity index is 2.22. The number of carbonyl (C=O) groups excluding carboxylic acids is 1. The van der Waals surface area contributed by atoms with Crippen molar-refractivity contribution < 1.29 is 9.32 Å². The molecule has 1 heterocycles. The van der Waals surface area contributed by atoms with E-state index in [1.54, 1.807) is 0 Å². The van der Waals surface area contributed by atoms with Gasteiger partial charge >= 0.3 is 0 Å². The average Bonchev–Trinajstić information content (AvgIpc) is 2.80. The first kappa shape index (κ1) is 15.7. The molecule has 0 saturated carbocycles. The zero-order valence-electron chi connectivity index (χ0n) is 11.9. The number of nitrogens with zero attached hydrogens (tertiary/aromatic N) is 1. The summed E-state index contributed by atoms with van der Waals surface area (Å²) in [6.45, 7) is 5.13. The lowest BCUT2D eigenvalue weighted by atomic mass is 9.94. The number of nitrogens with one attached hydrogen (secondary N) is 1. The van der Waals surface area contributed by atoms with Crippen molar-refractivity contribution >= 4 is 5.91 Å². The second-order valence-electron chi connectivity index (χ2n) is 4.98. The number of carbonyl (C=O) groups is 1. The van der Waals surface area contributed by atoms with Crippen LogP contribution in [0.2, 0.25) is 0 Å². The Morgan fingerprint density at radius 1 is 1.47 bits per heavy atom. The zero-order valence-corrected chi connectivity index (χ0v) is 11.9. The minimum Gasteiger partial charge on any atom is -0.361 e. The maximum absolute atomic E-state index is 11.7. The molecule has 5 heteroatoms. The molecule has 0 bridgehead atoms. The summed E-state index contributed by atoms with van der Waals surface area (Å²) in [5.74, 6) is 1.39. The van der Waals surface area contributed by atoms with Gasteiger partial charge in [-0.05, 0) is 32.2 Å². The van der Waals surface area contributed by atoms with Crippen molar-refractivity contribution in [1.82, 2.24) is 10.5 Å². The highest BCUT2D eigenvalue weighted by Gasteiger charge is 2.10. The third kappa shape index (κ3) is 6.38. The number of amides is 1. The van der Waals surface area contributed by atoms with Gasteiger partial charge in [0, 0.05) is 12.5 Å². The number of aryl methyl sites for hydroxylation is 1. The molecule has 0 spiro atoms. The minimum atomic E-state index is 0.0683. The van der Waals surface area contributed by atoms with Crippen LogP contribution in [-0.4, -0.2) is 17.6 Å². The first-order valence-corrected chi connectivity index (χ1v) is 7.04. The van der Waals surface area contributed by atoms with Gasteiger partial charge in [-0.25, -0.2) is 0 Å². The van der Waals surface area contributed by atoms with Gasteiger partial charge in [-0.1, -0.05) is 24.9 Å². The van der Waals surface area contributed by atoms with Crippen LogP contribution in [0.15, 0.2) is 10.6 Å². The third-order valence-corrected chi connectivity index (χ3v) is 3.19. The number of rotatable bonds is 9.